The second-order valence-electron chi connectivity index (χ2n) is 4.13. The zero-order chi connectivity index (χ0) is 14.2. The fourth-order valence-electron chi connectivity index (χ4n) is 1.86. The molecule has 0 bridgehead atoms. The number of nitrogens with two attached hydrogens (primary N) is 1. The number of hydrogen-bond acceptors (Lipinski definition) is 3. The van der Waals surface area contributed by atoms with Crippen LogP contribution in [0.4, 0.5) is 18.9 Å². The van der Waals surface area contributed by atoms with Gasteiger partial charge in [0.15, 0.2) is 0 Å². The van der Waals surface area contributed by atoms with Crippen molar-refractivity contribution >= 4 is 27.5 Å². The Morgan fingerprint density at radius 2 is 2.11 bits per heavy atom. The third-order valence-electron chi connectivity index (χ3n) is 2.60. The summed E-state index contributed by atoms with van der Waals surface area (Å²) in [5, 5.41) is 0. The van der Waals surface area contributed by atoms with Gasteiger partial charge in [0.05, 0.1) is 5.69 Å². The van der Waals surface area contributed by atoms with E-state index in [1.807, 2.05) is 0 Å². The quantitative estimate of drug-likeness (QED) is 0.900. The zero-order valence-electron chi connectivity index (χ0n) is 9.58. The molecular weight excluding hydrogens is 329 g/mol. The van der Waals surface area contributed by atoms with E-state index in [4.69, 9.17) is 5.73 Å². The third-order valence-corrected chi connectivity index (χ3v) is 3.27. The van der Waals surface area contributed by atoms with Gasteiger partial charge in [-0.15, -0.1) is 13.2 Å². The normalized spacial score (nSPS) is 19.9. The Labute approximate surface area is 115 Å². The second kappa shape index (κ2) is 5.01. The smallest absolute Gasteiger partial charge is 0.406 e. The minimum atomic E-state index is -4.77. The van der Waals surface area contributed by atoms with Gasteiger partial charge in [-0.05, 0) is 28.1 Å². The molecule has 104 valence electrons. The predicted octanol–water partition coefficient (Wildman–Crippen LogP) is 2.41. The summed E-state index contributed by atoms with van der Waals surface area (Å²) < 4.78 is 40.8. The van der Waals surface area contributed by atoms with Crippen LogP contribution in [-0.2, 0) is 4.79 Å². The highest BCUT2D eigenvalue weighted by molar-refractivity contribution is 9.10. The highest BCUT2D eigenvalue weighted by Crippen LogP contribution is 2.34. The van der Waals surface area contributed by atoms with Crippen LogP contribution in [-0.4, -0.2) is 24.9 Å². The zero-order valence-corrected chi connectivity index (χ0v) is 11.2. The monoisotopic (exact) mass is 338 g/mol. The number of benzene rings is 1. The largest absolute Gasteiger partial charge is 0.573 e. The minimum Gasteiger partial charge on any atom is -0.406 e. The number of amides is 1. The lowest BCUT2D eigenvalue weighted by atomic mass is 10.3. The van der Waals surface area contributed by atoms with E-state index >= 15 is 0 Å². The summed E-state index contributed by atoms with van der Waals surface area (Å²) in [5.74, 6) is -0.601. The molecule has 8 heteroatoms. The van der Waals surface area contributed by atoms with Crippen LogP contribution in [0.1, 0.15) is 6.42 Å². The van der Waals surface area contributed by atoms with Gasteiger partial charge in [0.2, 0.25) is 5.91 Å². The molecule has 1 aromatic carbocycles. The Morgan fingerprint density at radius 1 is 1.42 bits per heavy atom. The Kier molecular flexibility index (Phi) is 3.73. The van der Waals surface area contributed by atoms with Crippen molar-refractivity contribution in [2.75, 3.05) is 11.4 Å². The maximum absolute atomic E-state index is 12.2. The molecule has 2 N–H and O–H groups in total. The number of alkyl halides is 3. The molecule has 0 aromatic heterocycles. The molecule has 1 aliphatic rings. The maximum atomic E-state index is 12.2. The number of ether oxygens (including phenoxy) is 1. The van der Waals surface area contributed by atoms with Gasteiger partial charge in [-0.3, -0.25) is 4.79 Å². The third kappa shape index (κ3) is 3.38. The fourth-order valence-corrected chi connectivity index (χ4v) is 2.33. The molecule has 1 heterocycles. The van der Waals surface area contributed by atoms with Gasteiger partial charge in [0.1, 0.15) is 5.75 Å². The fraction of sp³-hybridized carbons (Fsp3) is 0.364. The number of carbonyl (C=O) groups is 1. The first-order chi connectivity index (χ1) is 8.76. The highest BCUT2D eigenvalue weighted by atomic mass is 79.9. The number of nitrogens with zero attached hydrogens (tertiary/aromatic N) is 1. The summed E-state index contributed by atoms with van der Waals surface area (Å²) in [6.45, 7) is 0.271. The van der Waals surface area contributed by atoms with E-state index in [1.165, 1.54) is 17.0 Å². The van der Waals surface area contributed by atoms with E-state index in [-0.39, 0.29) is 30.7 Å². The Bertz CT molecular complexity index is 507. The number of rotatable bonds is 2. The molecule has 1 saturated heterocycles. The van der Waals surface area contributed by atoms with E-state index < -0.39 is 6.36 Å². The molecule has 1 aromatic rings. The van der Waals surface area contributed by atoms with E-state index in [9.17, 15) is 18.0 Å². The predicted molar refractivity (Wildman–Crippen MR) is 65.8 cm³/mol. The summed E-state index contributed by atoms with van der Waals surface area (Å²) in [4.78, 5) is 13.0. The van der Waals surface area contributed by atoms with Gasteiger partial charge >= 0.3 is 6.36 Å². The molecule has 1 fully saturated rings. The number of anilines is 1. The molecule has 2 rings (SSSR count). The summed E-state index contributed by atoms with van der Waals surface area (Å²) in [6.07, 6.45) is -4.59. The molecule has 0 saturated carbocycles. The molecule has 0 spiro atoms. The lowest BCUT2D eigenvalue weighted by Gasteiger charge is -2.19. The molecule has 1 amide bonds. The van der Waals surface area contributed by atoms with Crippen molar-refractivity contribution in [1.82, 2.24) is 0 Å². The average Bonchev–Trinajstić information content (AvgIpc) is 2.58. The first kappa shape index (κ1) is 14.1. The number of carbonyl (C=O) groups excluding carboxylic acids is 1. The van der Waals surface area contributed by atoms with Crippen molar-refractivity contribution in [2.45, 2.75) is 18.8 Å². The van der Waals surface area contributed by atoms with Crippen LogP contribution in [0.3, 0.4) is 0 Å². The molecule has 19 heavy (non-hydrogen) atoms. The standard InChI is InChI=1S/C11H10BrF3N2O2/c12-8-2-1-7(19-11(13,14)15)4-9(8)17-5-6(16)3-10(17)18/h1-2,4,6H,3,5,16H2. The average molecular weight is 339 g/mol. The van der Waals surface area contributed by atoms with Gasteiger partial charge < -0.3 is 15.4 Å². The molecule has 1 aliphatic heterocycles. The van der Waals surface area contributed by atoms with Gasteiger partial charge in [-0.1, -0.05) is 0 Å². The van der Waals surface area contributed by atoms with Gasteiger partial charge in [-0.25, -0.2) is 0 Å². The van der Waals surface area contributed by atoms with Crippen molar-refractivity contribution in [3.05, 3.63) is 22.7 Å². The lowest BCUT2D eigenvalue weighted by Crippen LogP contribution is -2.28. The molecular formula is C11H10BrF3N2O2. The SMILES string of the molecule is NC1CC(=O)N(c2cc(OC(F)(F)F)ccc2Br)C1. The number of halogens is 4. The molecule has 4 nitrogen and oxygen atoms in total. The maximum Gasteiger partial charge on any atom is 0.573 e. The van der Waals surface area contributed by atoms with Crippen LogP contribution in [0.2, 0.25) is 0 Å². The Morgan fingerprint density at radius 3 is 2.63 bits per heavy atom. The van der Waals surface area contributed by atoms with E-state index in [0.717, 1.165) is 6.07 Å². The summed E-state index contributed by atoms with van der Waals surface area (Å²) >= 11 is 3.20. The minimum absolute atomic E-state index is 0.177. The molecule has 0 aliphatic carbocycles. The first-order valence-corrected chi connectivity index (χ1v) is 6.17. The van der Waals surface area contributed by atoms with Crippen molar-refractivity contribution in [1.29, 1.82) is 0 Å². The van der Waals surface area contributed by atoms with Gasteiger partial charge in [0, 0.05) is 29.5 Å². The summed E-state index contributed by atoms with van der Waals surface area (Å²) in [5.41, 5.74) is 5.97. The Balaban J connectivity index is 2.30. The molecule has 1 atom stereocenters. The first-order valence-electron chi connectivity index (χ1n) is 5.37. The molecule has 1 unspecified atom stereocenters. The van der Waals surface area contributed by atoms with Crippen molar-refractivity contribution in [3.63, 3.8) is 0 Å². The van der Waals surface area contributed by atoms with Gasteiger partial charge in [0.25, 0.3) is 0 Å². The van der Waals surface area contributed by atoms with E-state index in [0.29, 0.717) is 10.2 Å². The van der Waals surface area contributed by atoms with Crippen molar-refractivity contribution < 1.29 is 22.7 Å². The second-order valence-corrected chi connectivity index (χ2v) is 4.98. The van der Waals surface area contributed by atoms with Gasteiger partial charge in [-0.2, -0.15) is 0 Å². The lowest BCUT2D eigenvalue weighted by molar-refractivity contribution is -0.274. The van der Waals surface area contributed by atoms with Crippen molar-refractivity contribution in [2.24, 2.45) is 5.73 Å². The van der Waals surface area contributed by atoms with E-state index in [1.54, 1.807) is 0 Å². The van der Waals surface area contributed by atoms with Crippen LogP contribution >= 0.6 is 15.9 Å². The van der Waals surface area contributed by atoms with Crippen LogP contribution in [0.25, 0.3) is 0 Å². The van der Waals surface area contributed by atoms with Crippen LogP contribution < -0.4 is 15.4 Å². The van der Waals surface area contributed by atoms with E-state index in [2.05, 4.69) is 20.7 Å². The number of hydrogen-bond donors (Lipinski definition) is 1. The van der Waals surface area contributed by atoms with Crippen LogP contribution in [0, 0.1) is 0 Å². The van der Waals surface area contributed by atoms with Crippen molar-refractivity contribution in [3.8, 4) is 5.75 Å². The highest BCUT2D eigenvalue weighted by Gasteiger charge is 2.33. The van der Waals surface area contributed by atoms with Crippen LogP contribution in [0.15, 0.2) is 22.7 Å². The topological polar surface area (TPSA) is 55.6 Å². The summed E-state index contributed by atoms with van der Waals surface area (Å²) in [7, 11) is 0. The van der Waals surface area contributed by atoms with Crippen LogP contribution in [0.5, 0.6) is 5.75 Å². The summed E-state index contributed by atoms with van der Waals surface area (Å²) in [6, 6.07) is 3.41. The molecule has 0 radical (unpaired) electrons. The Hall–Kier alpha value is -1.28.